The molecule has 1 fully saturated rings. The number of pyridine rings is 1. The highest BCUT2D eigenvalue weighted by molar-refractivity contribution is 7.96. The molecule has 274 valence electrons. The van der Waals surface area contributed by atoms with Gasteiger partial charge in [-0.05, 0) is 74.3 Å². The summed E-state index contributed by atoms with van der Waals surface area (Å²) in [5, 5.41) is 10.1. The smallest absolute Gasteiger partial charge is 0.285 e. The Morgan fingerprint density at radius 2 is 1.94 bits per heavy atom. The van der Waals surface area contributed by atoms with E-state index in [4.69, 9.17) is 9.57 Å². The van der Waals surface area contributed by atoms with E-state index in [1.807, 2.05) is 55.2 Å². The first-order valence-electron chi connectivity index (χ1n) is 17.6. The molecule has 5 rings (SSSR count). The van der Waals surface area contributed by atoms with Gasteiger partial charge in [0, 0.05) is 36.3 Å². The largest absolute Gasteiger partial charge is 0.497 e. The maximum atomic E-state index is 12.9. The summed E-state index contributed by atoms with van der Waals surface area (Å²) in [6.07, 6.45) is 14.3. The van der Waals surface area contributed by atoms with E-state index in [1.54, 1.807) is 37.2 Å². The molecule has 0 saturated carbocycles. The van der Waals surface area contributed by atoms with Gasteiger partial charge in [-0.25, -0.2) is 0 Å². The number of hydrogen-bond donors (Lipinski definition) is 1. The lowest BCUT2D eigenvalue weighted by Crippen LogP contribution is -2.46. The van der Waals surface area contributed by atoms with Gasteiger partial charge in [0.15, 0.2) is 0 Å². The number of imide groups is 1. The lowest BCUT2D eigenvalue weighted by molar-refractivity contribution is -0.190. The fraction of sp³-hybridized carbons (Fsp3) is 0.436. The zero-order valence-corrected chi connectivity index (χ0v) is 31.5. The minimum absolute atomic E-state index is 0.0586. The fourth-order valence-electron chi connectivity index (χ4n) is 6.38. The van der Waals surface area contributed by atoms with Crippen molar-refractivity contribution in [2.75, 3.05) is 13.7 Å². The Labute approximate surface area is 307 Å². The number of fused-ring (bicyclic) bond motifs is 1. The molecule has 11 nitrogen and oxygen atoms in total. The molecule has 0 spiro atoms. The summed E-state index contributed by atoms with van der Waals surface area (Å²) in [7, 11) is 1.64. The van der Waals surface area contributed by atoms with Crippen LogP contribution < -0.4 is 4.74 Å². The van der Waals surface area contributed by atoms with E-state index < -0.39 is 11.8 Å². The molecule has 0 N–H and O–H groups in total. The van der Waals surface area contributed by atoms with Crippen LogP contribution in [-0.4, -0.2) is 66.7 Å². The third-order valence-corrected chi connectivity index (χ3v) is 9.32. The summed E-state index contributed by atoms with van der Waals surface area (Å²) < 4.78 is 7.19. The highest BCUT2D eigenvalue weighted by atomic mass is 32.1. The maximum absolute atomic E-state index is 12.9. The molecule has 1 aromatic carbocycles. The van der Waals surface area contributed by atoms with Crippen LogP contribution in [0.2, 0.25) is 0 Å². The van der Waals surface area contributed by atoms with Crippen molar-refractivity contribution < 1.29 is 24.0 Å². The molecule has 2 aromatic heterocycles. The van der Waals surface area contributed by atoms with Gasteiger partial charge in [0.2, 0.25) is 0 Å². The first-order valence-corrected chi connectivity index (χ1v) is 18.0. The van der Waals surface area contributed by atoms with Gasteiger partial charge < -0.3 is 9.64 Å². The normalized spacial score (nSPS) is 18.0. The number of rotatable bonds is 14. The first-order chi connectivity index (χ1) is 24.7. The number of carbonyl (C=O) groups is 3. The van der Waals surface area contributed by atoms with E-state index >= 15 is 0 Å². The maximum Gasteiger partial charge on any atom is 0.285 e. The number of piperidine rings is 1. The fourth-order valence-corrected chi connectivity index (χ4v) is 6.64. The van der Waals surface area contributed by atoms with Gasteiger partial charge in [-0.3, -0.25) is 28.9 Å². The summed E-state index contributed by atoms with van der Waals surface area (Å²) in [5.74, 6) is 0.119. The van der Waals surface area contributed by atoms with Gasteiger partial charge in [-0.2, -0.15) is 0 Å². The van der Waals surface area contributed by atoms with Crippen LogP contribution in [0, 0.1) is 11.8 Å². The van der Waals surface area contributed by atoms with Crippen molar-refractivity contribution in [2.24, 2.45) is 11.8 Å². The van der Waals surface area contributed by atoms with Gasteiger partial charge >= 0.3 is 0 Å². The van der Waals surface area contributed by atoms with Crippen molar-refractivity contribution in [3.8, 4) is 5.75 Å². The number of hydrogen-bond acceptors (Lipinski definition) is 8. The van der Waals surface area contributed by atoms with E-state index in [-0.39, 0.29) is 29.7 Å². The van der Waals surface area contributed by atoms with Gasteiger partial charge in [0.25, 0.3) is 17.1 Å². The molecule has 0 aliphatic carbocycles. The molecule has 0 radical (unpaired) electrons. The molecule has 0 bridgehead atoms. The minimum Gasteiger partial charge on any atom is -0.497 e. The van der Waals surface area contributed by atoms with Crippen LogP contribution in [-0.2, 0) is 34.0 Å². The van der Waals surface area contributed by atoms with Crippen LogP contribution >= 0.6 is 12.6 Å². The van der Waals surface area contributed by atoms with Crippen molar-refractivity contribution in [3.63, 3.8) is 0 Å². The molecule has 1 saturated heterocycles. The number of hydroxylamine groups is 2. The van der Waals surface area contributed by atoms with Crippen molar-refractivity contribution in [1.82, 2.24) is 29.9 Å². The summed E-state index contributed by atoms with van der Waals surface area (Å²) in [6, 6.07) is 7.76. The Kier molecular flexibility index (Phi) is 16.3. The number of methoxy groups -OCH3 is 1. The standard InChI is InChI=1S/C35H42N6O5S.C2H6.C2H4/c1-5-7-8-9-10-30-23(3)33(42)41(34(30)43)46-22-27-21-39(38-37-27)20-24(6-2)25-14-16-40(35(44)47)28(17-25)18-26-13-15-36-32-12-11-29(45-4)19-31(26)32;2*1-2/h6,9-13,15,19,21,24-25,28H,2,5,7-8,14,16-18,20,22H2,1,3-4H3,(H,44,47);1-2H3;1-2H2/b10-9-;;. The molecular formula is C39H52N6O5S. The van der Waals surface area contributed by atoms with E-state index in [0.717, 1.165) is 59.4 Å². The Morgan fingerprint density at radius 3 is 2.63 bits per heavy atom. The molecule has 51 heavy (non-hydrogen) atoms. The molecule has 4 heterocycles. The summed E-state index contributed by atoms with van der Waals surface area (Å²) in [6.45, 7) is 18.9. The number of carbonyl (C=O) groups excluding carboxylic acids is 3. The van der Waals surface area contributed by atoms with Crippen molar-refractivity contribution in [2.45, 2.75) is 85.4 Å². The van der Waals surface area contributed by atoms with E-state index in [1.165, 1.54) is 0 Å². The van der Waals surface area contributed by atoms with Gasteiger partial charge in [-0.15, -0.1) is 29.9 Å². The number of unbranched alkanes of at least 4 members (excludes halogenated alkanes) is 2. The second kappa shape index (κ2) is 20.3. The number of allylic oxidation sites excluding steroid dienone is 2. The number of aromatic nitrogens is 4. The number of amides is 3. The molecule has 3 aromatic rings. The molecule has 3 atom stereocenters. The van der Waals surface area contributed by atoms with Crippen LogP contribution in [0.25, 0.3) is 10.9 Å². The third-order valence-electron chi connectivity index (χ3n) is 9.06. The number of benzene rings is 1. The minimum atomic E-state index is -0.473. The van der Waals surface area contributed by atoms with Crippen LogP contribution in [0.5, 0.6) is 5.75 Å². The molecule has 2 aliphatic rings. The quantitative estimate of drug-likeness (QED) is 0.0781. The molecular weight excluding hydrogens is 665 g/mol. The van der Waals surface area contributed by atoms with Gasteiger partial charge in [0.05, 0.1) is 24.4 Å². The lowest BCUT2D eigenvalue weighted by Gasteiger charge is -2.41. The zero-order chi connectivity index (χ0) is 37.5. The van der Waals surface area contributed by atoms with Gasteiger partial charge in [0.1, 0.15) is 18.1 Å². The monoisotopic (exact) mass is 716 g/mol. The number of likely N-dealkylation sites (tertiary alicyclic amines) is 1. The van der Waals surface area contributed by atoms with Crippen molar-refractivity contribution in [1.29, 1.82) is 0 Å². The van der Waals surface area contributed by atoms with E-state index in [9.17, 15) is 14.4 Å². The first kappa shape index (κ1) is 40.9. The van der Waals surface area contributed by atoms with Crippen LogP contribution in [0.3, 0.4) is 0 Å². The van der Waals surface area contributed by atoms with E-state index in [0.29, 0.717) is 36.4 Å². The average Bonchev–Trinajstić information content (AvgIpc) is 3.69. The Bertz CT molecular complexity index is 1720. The Hall–Kier alpha value is -4.55. The predicted molar refractivity (Wildman–Crippen MR) is 204 cm³/mol. The van der Waals surface area contributed by atoms with Crippen LogP contribution in [0.15, 0.2) is 85.8 Å². The van der Waals surface area contributed by atoms with Gasteiger partial charge in [-0.1, -0.05) is 69.7 Å². The van der Waals surface area contributed by atoms with Crippen molar-refractivity contribution >= 4 is 40.6 Å². The Morgan fingerprint density at radius 1 is 1.18 bits per heavy atom. The highest BCUT2D eigenvalue weighted by Crippen LogP contribution is 2.34. The number of ether oxygens (including phenoxy) is 1. The second-order valence-electron chi connectivity index (χ2n) is 12.1. The summed E-state index contributed by atoms with van der Waals surface area (Å²) >= 11 is 4.20. The number of nitrogens with zero attached hydrogens (tertiary/aromatic N) is 6. The second-order valence-corrected chi connectivity index (χ2v) is 12.4. The molecule has 12 heteroatoms. The highest BCUT2D eigenvalue weighted by Gasteiger charge is 2.37. The Balaban J connectivity index is 0.00000169. The predicted octanol–water partition coefficient (Wildman–Crippen LogP) is 7.70. The number of thiol groups is 1. The summed E-state index contributed by atoms with van der Waals surface area (Å²) in [5.41, 5.74) is 3.17. The van der Waals surface area contributed by atoms with E-state index in [2.05, 4.69) is 54.6 Å². The molecule has 3 unspecified atom stereocenters. The topological polar surface area (TPSA) is 120 Å². The van der Waals surface area contributed by atoms with Crippen LogP contribution in [0.1, 0.15) is 71.1 Å². The third kappa shape index (κ3) is 10.3. The molecule has 3 amide bonds. The van der Waals surface area contributed by atoms with Crippen molar-refractivity contribution in [3.05, 3.63) is 97.0 Å². The lowest BCUT2D eigenvalue weighted by atomic mass is 9.79. The average molecular weight is 717 g/mol. The molecule has 2 aliphatic heterocycles. The summed E-state index contributed by atoms with van der Waals surface area (Å²) in [4.78, 5) is 50.1. The SMILES string of the molecule is C=C.C=CC(Cn1cc(CON2C(=O)C(C)=C(/C=C\CCCC)C2=O)nn1)C1CCN(C(=O)S)C(Cc2ccnc3ccc(OC)cc23)C1.CC. The zero-order valence-electron chi connectivity index (χ0n) is 30.6. The van der Waals surface area contributed by atoms with Crippen LogP contribution in [0.4, 0.5) is 4.79 Å².